The van der Waals surface area contributed by atoms with E-state index in [4.69, 9.17) is 5.73 Å². The molecular weight excluding hydrogens is 424 g/mol. The second kappa shape index (κ2) is 11.0. The van der Waals surface area contributed by atoms with Crippen molar-refractivity contribution in [1.82, 2.24) is 9.80 Å². The highest BCUT2D eigenvalue weighted by atomic mass is 16.2. The number of carbonyl (C=O) groups excluding carboxylic acids is 2. The van der Waals surface area contributed by atoms with Gasteiger partial charge in [0.25, 0.3) is 5.91 Å². The number of urea groups is 1. The molecule has 1 fully saturated rings. The number of nitrogens with one attached hydrogen (secondary N) is 1. The van der Waals surface area contributed by atoms with E-state index in [-0.39, 0.29) is 5.91 Å². The van der Waals surface area contributed by atoms with Crippen LogP contribution in [0, 0.1) is 0 Å². The van der Waals surface area contributed by atoms with Crippen molar-refractivity contribution in [3.8, 4) is 11.1 Å². The lowest BCUT2D eigenvalue weighted by Crippen LogP contribution is -2.46. The van der Waals surface area contributed by atoms with E-state index in [1.54, 1.807) is 6.07 Å². The van der Waals surface area contributed by atoms with E-state index in [1.807, 2.05) is 53.4 Å². The van der Waals surface area contributed by atoms with Gasteiger partial charge in [-0.1, -0.05) is 66.7 Å². The highest BCUT2D eigenvalue weighted by Gasteiger charge is 2.27. The lowest BCUT2D eigenvalue weighted by atomic mass is 9.99. The third-order valence-corrected chi connectivity index (χ3v) is 6.59. The van der Waals surface area contributed by atoms with Crippen molar-refractivity contribution in [3.63, 3.8) is 0 Å². The van der Waals surface area contributed by atoms with Gasteiger partial charge in [0, 0.05) is 25.7 Å². The minimum Gasteiger partial charge on any atom is -0.351 e. The Bertz CT molecular complexity index is 1110. The van der Waals surface area contributed by atoms with Crippen molar-refractivity contribution in [1.29, 1.82) is 0 Å². The average Bonchev–Trinajstić information content (AvgIpc) is 2.88. The average molecular weight is 457 g/mol. The van der Waals surface area contributed by atoms with E-state index in [2.05, 4.69) is 41.5 Å². The summed E-state index contributed by atoms with van der Waals surface area (Å²) in [5, 5.41) is 2.65. The third-order valence-electron chi connectivity index (χ3n) is 6.59. The first-order valence-electron chi connectivity index (χ1n) is 11.8. The monoisotopic (exact) mass is 456 g/mol. The van der Waals surface area contributed by atoms with E-state index in [1.165, 1.54) is 5.56 Å². The Morgan fingerprint density at radius 1 is 0.941 bits per heavy atom. The largest absolute Gasteiger partial charge is 0.351 e. The molecule has 0 atom stereocenters. The molecule has 0 unspecified atom stereocenters. The predicted octanol–water partition coefficient (Wildman–Crippen LogP) is 4.62. The van der Waals surface area contributed by atoms with Crippen molar-refractivity contribution in [2.24, 2.45) is 5.73 Å². The fraction of sp³-hybridized carbons (Fsp3) is 0.286. The van der Waals surface area contributed by atoms with Crippen LogP contribution >= 0.6 is 0 Å². The summed E-state index contributed by atoms with van der Waals surface area (Å²) in [6, 6.07) is 25.7. The van der Waals surface area contributed by atoms with Crippen molar-refractivity contribution in [3.05, 3.63) is 90.0 Å². The van der Waals surface area contributed by atoms with Gasteiger partial charge < -0.3 is 20.9 Å². The molecule has 6 heteroatoms. The summed E-state index contributed by atoms with van der Waals surface area (Å²) in [6.07, 6.45) is 2.88. The summed E-state index contributed by atoms with van der Waals surface area (Å²) in [5.74, 6) is -0.0752. The maximum atomic E-state index is 13.4. The Morgan fingerprint density at radius 3 is 2.24 bits per heavy atom. The van der Waals surface area contributed by atoms with E-state index in [0.29, 0.717) is 30.4 Å². The lowest BCUT2D eigenvalue weighted by molar-refractivity contribution is 0.0648. The molecule has 3 amide bonds. The molecule has 3 aromatic rings. The number of anilines is 1. The molecule has 0 aromatic heterocycles. The lowest BCUT2D eigenvalue weighted by Gasteiger charge is -2.37. The quantitative estimate of drug-likeness (QED) is 0.544. The molecule has 1 aliphatic heterocycles. The van der Waals surface area contributed by atoms with Crippen LogP contribution in [-0.4, -0.2) is 54.5 Å². The maximum Gasteiger partial charge on any atom is 0.316 e. The smallest absolute Gasteiger partial charge is 0.316 e. The van der Waals surface area contributed by atoms with Crippen LogP contribution in [0.25, 0.3) is 11.1 Å². The van der Waals surface area contributed by atoms with Gasteiger partial charge in [-0.25, -0.2) is 4.79 Å². The molecule has 1 saturated heterocycles. The number of rotatable bonds is 7. The van der Waals surface area contributed by atoms with Crippen LogP contribution in [0.4, 0.5) is 10.5 Å². The molecule has 176 valence electrons. The molecule has 0 spiro atoms. The van der Waals surface area contributed by atoms with Gasteiger partial charge in [0.05, 0.1) is 11.3 Å². The van der Waals surface area contributed by atoms with Gasteiger partial charge in [-0.2, -0.15) is 0 Å². The first-order chi connectivity index (χ1) is 16.5. The van der Waals surface area contributed by atoms with Crippen LogP contribution in [0.15, 0.2) is 78.9 Å². The van der Waals surface area contributed by atoms with Gasteiger partial charge in [0.15, 0.2) is 0 Å². The van der Waals surface area contributed by atoms with Gasteiger partial charge in [0.2, 0.25) is 0 Å². The SMILES string of the molecule is CN(CCc1ccccc1)C1CCN(C(=O)c2ccc(-c3ccccc3)cc2NC(N)=O)CC1. The highest BCUT2D eigenvalue weighted by molar-refractivity contribution is 6.04. The normalized spacial score (nSPS) is 14.2. The van der Waals surface area contributed by atoms with Crippen molar-refractivity contribution in [2.45, 2.75) is 25.3 Å². The van der Waals surface area contributed by atoms with Crippen molar-refractivity contribution >= 4 is 17.6 Å². The van der Waals surface area contributed by atoms with Gasteiger partial charge in [-0.05, 0) is 55.1 Å². The zero-order valence-corrected chi connectivity index (χ0v) is 19.6. The molecule has 0 aliphatic carbocycles. The zero-order chi connectivity index (χ0) is 23.9. The first-order valence-corrected chi connectivity index (χ1v) is 11.8. The van der Waals surface area contributed by atoms with Crippen LogP contribution in [0.3, 0.4) is 0 Å². The maximum absolute atomic E-state index is 13.4. The van der Waals surface area contributed by atoms with Gasteiger partial charge >= 0.3 is 6.03 Å². The Labute approximate surface area is 201 Å². The Kier molecular flexibility index (Phi) is 7.60. The number of hydrogen-bond donors (Lipinski definition) is 2. The molecule has 0 radical (unpaired) electrons. The third kappa shape index (κ3) is 5.83. The number of likely N-dealkylation sites (tertiary alicyclic amines) is 1. The fourth-order valence-corrected chi connectivity index (χ4v) is 4.59. The first kappa shape index (κ1) is 23.5. The second-order valence-electron chi connectivity index (χ2n) is 8.86. The Hall–Kier alpha value is -3.64. The molecule has 1 aliphatic rings. The summed E-state index contributed by atoms with van der Waals surface area (Å²) in [5.41, 5.74) is 9.58. The van der Waals surface area contributed by atoms with Crippen LogP contribution in [0.1, 0.15) is 28.8 Å². The van der Waals surface area contributed by atoms with Crippen LogP contribution in [0.5, 0.6) is 0 Å². The van der Waals surface area contributed by atoms with E-state index < -0.39 is 6.03 Å². The summed E-state index contributed by atoms with van der Waals surface area (Å²) in [6.45, 7) is 2.38. The molecule has 3 aromatic carbocycles. The van der Waals surface area contributed by atoms with Crippen LogP contribution < -0.4 is 11.1 Å². The van der Waals surface area contributed by atoms with Crippen molar-refractivity contribution < 1.29 is 9.59 Å². The fourth-order valence-electron chi connectivity index (χ4n) is 4.59. The van der Waals surface area contributed by atoms with Crippen LogP contribution in [0.2, 0.25) is 0 Å². The van der Waals surface area contributed by atoms with Gasteiger partial charge in [-0.3, -0.25) is 4.79 Å². The number of piperidine rings is 1. The minimum absolute atomic E-state index is 0.0752. The number of likely N-dealkylation sites (N-methyl/N-ethyl adjacent to an activating group) is 1. The molecular formula is C28H32N4O2. The molecule has 6 nitrogen and oxygen atoms in total. The van der Waals surface area contributed by atoms with E-state index in [9.17, 15) is 9.59 Å². The standard InChI is InChI=1S/C28H32N4O2/c1-31(17-14-21-8-4-2-5-9-21)24-15-18-32(19-16-24)27(33)25-13-12-23(20-26(25)30-28(29)34)22-10-6-3-7-11-22/h2-13,20,24H,14-19H2,1H3,(H3,29,30,34). The predicted molar refractivity (Wildman–Crippen MR) is 137 cm³/mol. The molecule has 0 bridgehead atoms. The molecule has 0 saturated carbocycles. The van der Waals surface area contributed by atoms with Crippen LogP contribution in [-0.2, 0) is 6.42 Å². The molecule has 1 heterocycles. The molecule has 34 heavy (non-hydrogen) atoms. The molecule has 3 N–H and O–H groups in total. The highest BCUT2D eigenvalue weighted by Crippen LogP contribution is 2.28. The van der Waals surface area contributed by atoms with E-state index >= 15 is 0 Å². The number of hydrogen-bond acceptors (Lipinski definition) is 3. The van der Waals surface area contributed by atoms with Gasteiger partial charge in [-0.15, -0.1) is 0 Å². The Balaban J connectivity index is 1.40. The summed E-state index contributed by atoms with van der Waals surface area (Å²) in [4.78, 5) is 29.3. The number of benzene rings is 3. The summed E-state index contributed by atoms with van der Waals surface area (Å²) in [7, 11) is 2.17. The number of primary amides is 1. The second-order valence-corrected chi connectivity index (χ2v) is 8.86. The van der Waals surface area contributed by atoms with Gasteiger partial charge in [0.1, 0.15) is 0 Å². The number of nitrogens with zero attached hydrogens (tertiary/aromatic N) is 2. The van der Waals surface area contributed by atoms with Crippen molar-refractivity contribution in [2.75, 3.05) is 32.0 Å². The Morgan fingerprint density at radius 2 is 1.59 bits per heavy atom. The summed E-state index contributed by atoms with van der Waals surface area (Å²) < 4.78 is 0. The number of nitrogens with two attached hydrogens (primary N) is 1. The topological polar surface area (TPSA) is 78.7 Å². The minimum atomic E-state index is -0.682. The number of carbonyl (C=O) groups is 2. The number of amides is 3. The zero-order valence-electron chi connectivity index (χ0n) is 19.6. The molecule has 4 rings (SSSR count). The van der Waals surface area contributed by atoms with E-state index in [0.717, 1.165) is 36.9 Å². The summed E-state index contributed by atoms with van der Waals surface area (Å²) >= 11 is 0.